The van der Waals surface area contributed by atoms with Gasteiger partial charge in [-0.25, -0.2) is 0 Å². The van der Waals surface area contributed by atoms with Gasteiger partial charge in [-0.15, -0.1) is 0 Å². The molecule has 140 valence electrons. The Morgan fingerprint density at radius 3 is 2.31 bits per heavy atom. The van der Waals surface area contributed by atoms with E-state index in [4.69, 9.17) is 0 Å². The van der Waals surface area contributed by atoms with E-state index in [2.05, 4.69) is 5.32 Å². The topological polar surface area (TPSA) is 69.7 Å². The van der Waals surface area contributed by atoms with Crippen LogP contribution in [0.25, 0.3) is 0 Å². The van der Waals surface area contributed by atoms with Gasteiger partial charge in [-0.3, -0.25) is 14.4 Å². The SMILES string of the molecule is CC(C)N1CC(C(=O)N2CCC(C(=O)Nc3ccccc3)CC2)CC1=O. The highest BCUT2D eigenvalue weighted by Crippen LogP contribution is 2.25. The van der Waals surface area contributed by atoms with Gasteiger partial charge in [0.05, 0.1) is 5.92 Å². The van der Waals surface area contributed by atoms with Gasteiger partial charge in [-0.2, -0.15) is 0 Å². The smallest absolute Gasteiger partial charge is 0.227 e. The maximum absolute atomic E-state index is 12.7. The van der Waals surface area contributed by atoms with Crippen molar-refractivity contribution in [1.29, 1.82) is 0 Å². The minimum atomic E-state index is -0.236. The number of hydrogen-bond acceptors (Lipinski definition) is 3. The Morgan fingerprint density at radius 2 is 1.73 bits per heavy atom. The van der Waals surface area contributed by atoms with E-state index < -0.39 is 0 Å². The summed E-state index contributed by atoms with van der Waals surface area (Å²) in [5, 5.41) is 2.94. The summed E-state index contributed by atoms with van der Waals surface area (Å²) in [5.74, 6) is -0.166. The van der Waals surface area contributed by atoms with Crippen molar-refractivity contribution in [2.24, 2.45) is 11.8 Å². The first-order valence-corrected chi connectivity index (χ1v) is 9.40. The molecule has 1 N–H and O–H groups in total. The van der Waals surface area contributed by atoms with E-state index in [0.717, 1.165) is 5.69 Å². The molecule has 1 aromatic rings. The molecular weight excluding hydrogens is 330 g/mol. The zero-order valence-electron chi connectivity index (χ0n) is 15.5. The molecule has 3 amide bonds. The van der Waals surface area contributed by atoms with Gasteiger partial charge in [-0.1, -0.05) is 18.2 Å². The predicted octanol–water partition coefficient (Wildman–Crippen LogP) is 2.12. The number of rotatable bonds is 4. The molecule has 2 fully saturated rings. The molecule has 6 heteroatoms. The Kier molecular flexibility index (Phi) is 5.59. The van der Waals surface area contributed by atoms with Crippen molar-refractivity contribution in [1.82, 2.24) is 9.80 Å². The van der Waals surface area contributed by atoms with Crippen LogP contribution in [0.1, 0.15) is 33.1 Å². The second kappa shape index (κ2) is 7.89. The fourth-order valence-corrected chi connectivity index (χ4v) is 3.78. The minimum absolute atomic E-state index is 0.0188. The molecule has 0 saturated carbocycles. The van der Waals surface area contributed by atoms with Crippen LogP contribution in [0, 0.1) is 11.8 Å². The van der Waals surface area contributed by atoms with Gasteiger partial charge in [0.15, 0.2) is 0 Å². The Labute approximate surface area is 154 Å². The van der Waals surface area contributed by atoms with Crippen molar-refractivity contribution in [3.05, 3.63) is 30.3 Å². The third kappa shape index (κ3) is 4.06. The van der Waals surface area contributed by atoms with Gasteiger partial charge < -0.3 is 15.1 Å². The lowest BCUT2D eigenvalue weighted by atomic mass is 9.94. The minimum Gasteiger partial charge on any atom is -0.342 e. The highest BCUT2D eigenvalue weighted by atomic mass is 16.2. The number of benzene rings is 1. The van der Waals surface area contributed by atoms with Crippen LogP contribution in [0.2, 0.25) is 0 Å². The number of likely N-dealkylation sites (tertiary alicyclic amines) is 2. The van der Waals surface area contributed by atoms with Crippen LogP contribution >= 0.6 is 0 Å². The number of carbonyl (C=O) groups excluding carboxylic acids is 3. The maximum atomic E-state index is 12.7. The summed E-state index contributed by atoms with van der Waals surface area (Å²) in [6.07, 6.45) is 1.64. The molecule has 0 radical (unpaired) electrons. The molecule has 2 aliphatic rings. The van der Waals surface area contributed by atoms with Crippen molar-refractivity contribution in [2.45, 2.75) is 39.2 Å². The number of piperidine rings is 1. The summed E-state index contributed by atoms with van der Waals surface area (Å²) in [7, 11) is 0. The molecule has 1 aromatic carbocycles. The number of para-hydroxylation sites is 1. The van der Waals surface area contributed by atoms with Crippen molar-refractivity contribution in [2.75, 3.05) is 25.0 Å². The highest BCUT2D eigenvalue weighted by molar-refractivity contribution is 5.93. The van der Waals surface area contributed by atoms with E-state index in [1.165, 1.54) is 0 Å². The van der Waals surface area contributed by atoms with Gasteiger partial charge >= 0.3 is 0 Å². The largest absolute Gasteiger partial charge is 0.342 e. The van der Waals surface area contributed by atoms with E-state index in [1.807, 2.05) is 49.1 Å². The van der Waals surface area contributed by atoms with Crippen molar-refractivity contribution in [3.8, 4) is 0 Å². The number of carbonyl (C=O) groups is 3. The van der Waals surface area contributed by atoms with E-state index in [-0.39, 0.29) is 35.6 Å². The van der Waals surface area contributed by atoms with Crippen molar-refractivity contribution >= 4 is 23.4 Å². The molecule has 0 bridgehead atoms. The molecule has 2 heterocycles. The first kappa shape index (κ1) is 18.4. The molecular formula is C20H27N3O3. The zero-order valence-corrected chi connectivity index (χ0v) is 15.5. The Hall–Kier alpha value is -2.37. The number of hydrogen-bond donors (Lipinski definition) is 1. The number of anilines is 1. The third-order valence-electron chi connectivity index (χ3n) is 5.35. The third-order valence-corrected chi connectivity index (χ3v) is 5.35. The summed E-state index contributed by atoms with van der Waals surface area (Å²) in [4.78, 5) is 40.8. The van der Waals surface area contributed by atoms with E-state index >= 15 is 0 Å². The fourth-order valence-electron chi connectivity index (χ4n) is 3.78. The van der Waals surface area contributed by atoms with E-state index in [0.29, 0.717) is 38.9 Å². The fraction of sp³-hybridized carbons (Fsp3) is 0.550. The monoisotopic (exact) mass is 357 g/mol. The average molecular weight is 357 g/mol. The lowest BCUT2D eigenvalue weighted by molar-refractivity contribution is -0.138. The molecule has 6 nitrogen and oxygen atoms in total. The zero-order chi connectivity index (χ0) is 18.7. The first-order valence-electron chi connectivity index (χ1n) is 9.40. The summed E-state index contributed by atoms with van der Waals surface area (Å²) in [6.45, 7) is 5.63. The van der Waals surface area contributed by atoms with Gasteiger partial charge in [0.2, 0.25) is 17.7 Å². The van der Waals surface area contributed by atoms with Gasteiger partial charge in [0, 0.05) is 43.7 Å². The number of nitrogens with one attached hydrogen (secondary N) is 1. The first-order chi connectivity index (χ1) is 12.5. The van der Waals surface area contributed by atoms with Gasteiger partial charge in [0.25, 0.3) is 0 Å². The Balaban J connectivity index is 1.50. The van der Waals surface area contributed by atoms with Crippen LogP contribution in [0.4, 0.5) is 5.69 Å². The van der Waals surface area contributed by atoms with Crippen LogP contribution in [0.3, 0.4) is 0 Å². The van der Waals surface area contributed by atoms with E-state index in [1.54, 1.807) is 4.90 Å². The van der Waals surface area contributed by atoms with Gasteiger partial charge in [-0.05, 0) is 38.8 Å². The van der Waals surface area contributed by atoms with Crippen molar-refractivity contribution in [3.63, 3.8) is 0 Å². The van der Waals surface area contributed by atoms with E-state index in [9.17, 15) is 14.4 Å². The molecule has 26 heavy (non-hydrogen) atoms. The summed E-state index contributed by atoms with van der Waals surface area (Å²) < 4.78 is 0. The molecule has 2 saturated heterocycles. The Morgan fingerprint density at radius 1 is 1.08 bits per heavy atom. The standard InChI is InChI=1S/C20H27N3O3/c1-14(2)23-13-16(12-18(23)24)20(26)22-10-8-15(9-11-22)19(25)21-17-6-4-3-5-7-17/h3-7,14-16H,8-13H2,1-2H3,(H,21,25). The molecule has 0 aliphatic carbocycles. The quantitative estimate of drug-likeness (QED) is 0.897. The van der Waals surface area contributed by atoms with Crippen LogP contribution in [0.15, 0.2) is 30.3 Å². The lowest BCUT2D eigenvalue weighted by Crippen LogP contribution is -2.44. The molecule has 2 aliphatic heterocycles. The molecule has 0 spiro atoms. The lowest BCUT2D eigenvalue weighted by Gasteiger charge is -2.33. The highest BCUT2D eigenvalue weighted by Gasteiger charge is 2.38. The molecule has 3 rings (SSSR count). The predicted molar refractivity (Wildman–Crippen MR) is 99.3 cm³/mol. The van der Waals surface area contributed by atoms with Crippen LogP contribution in [0.5, 0.6) is 0 Å². The molecule has 0 aromatic heterocycles. The normalized spacial score (nSPS) is 21.3. The summed E-state index contributed by atoms with van der Waals surface area (Å²) in [5.41, 5.74) is 0.800. The van der Waals surface area contributed by atoms with Gasteiger partial charge in [0.1, 0.15) is 0 Å². The molecule has 1 atom stereocenters. The summed E-state index contributed by atoms with van der Waals surface area (Å²) in [6, 6.07) is 9.56. The maximum Gasteiger partial charge on any atom is 0.227 e. The average Bonchev–Trinajstić information content (AvgIpc) is 3.04. The van der Waals surface area contributed by atoms with Crippen LogP contribution in [-0.2, 0) is 14.4 Å². The number of amides is 3. The number of nitrogens with zero attached hydrogens (tertiary/aromatic N) is 2. The second-order valence-electron chi connectivity index (χ2n) is 7.50. The van der Waals surface area contributed by atoms with Crippen molar-refractivity contribution < 1.29 is 14.4 Å². The van der Waals surface area contributed by atoms with Crippen LogP contribution < -0.4 is 5.32 Å². The second-order valence-corrected chi connectivity index (χ2v) is 7.50. The van der Waals surface area contributed by atoms with Crippen LogP contribution in [-0.4, -0.2) is 53.2 Å². The molecule has 1 unspecified atom stereocenters. The summed E-state index contributed by atoms with van der Waals surface area (Å²) >= 11 is 0. The Bertz CT molecular complexity index is 666.